The van der Waals surface area contributed by atoms with Crippen LogP contribution in [0.2, 0.25) is 0 Å². The fourth-order valence-corrected chi connectivity index (χ4v) is 4.23. The summed E-state index contributed by atoms with van der Waals surface area (Å²) < 4.78 is 29.2. The van der Waals surface area contributed by atoms with E-state index in [1.807, 2.05) is 0 Å². The number of rotatable bonds is 5. The maximum Gasteiger partial charge on any atom is 0.336 e. The molecule has 0 saturated carbocycles. The predicted molar refractivity (Wildman–Crippen MR) is 77.1 cm³/mol. The summed E-state index contributed by atoms with van der Waals surface area (Å²) in [6.07, 6.45) is -0.0540. The molecule has 0 bridgehead atoms. The van der Waals surface area contributed by atoms with Gasteiger partial charge < -0.3 is 18.9 Å². The van der Waals surface area contributed by atoms with Crippen LogP contribution in [0, 0.1) is 6.92 Å². The van der Waals surface area contributed by atoms with E-state index < -0.39 is 43.4 Å². The first-order valence-electron chi connectivity index (χ1n) is 6.66. The largest absolute Gasteiger partial charge is 0.394 e. The summed E-state index contributed by atoms with van der Waals surface area (Å²) >= 11 is 0. The number of aryl methyl sites for hydroxylation is 1. The van der Waals surface area contributed by atoms with Gasteiger partial charge in [-0.25, -0.2) is 4.79 Å². The summed E-state index contributed by atoms with van der Waals surface area (Å²) in [7, 11) is -0.963. The average molecular weight is 334 g/mol. The van der Waals surface area contributed by atoms with Crippen LogP contribution in [-0.2, 0) is 18.3 Å². The highest BCUT2D eigenvalue weighted by atomic mass is 31.2. The Labute approximate surface area is 126 Å². The molecular formula is C12H19N2O7P. The second-order valence-corrected chi connectivity index (χ2v) is 7.47. The van der Waals surface area contributed by atoms with Crippen LogP contribution in [0.5, 0.6) is 0 Å². The van der Waals surface area contributed by atoms with Crippen molar-refractivity contribution in [2.24, 2.45) is 0 Å². The molecule has 2 heterocycles. The molecule has 0 aromatic carbocycles. The lowest BCUT2D eigenvalue weighted by molar-refractivity contribution is -0.0252. The van der Waals surface area contributed by atoms with Gasteiger partial charge in [-0.2, -0.15) is 0 Å². The van der Waals surface area contributed by atoms with Crippen molar-refractivity contribution in [1.29, 1.82) is 0 Å². The quantitative estimate of drug-likeness (QED) is 0.726. The molecule has 0 unspecified atom stereocenters. The minimum Gasteiger partial charge on any atom is -0.394 e. The second kappa shape index (κ2) is 6.47. The van der Waals surface area contributed by atoms with Gasteiger partial charge in [0.2, 0.25) is 0 Å². The van der Waals surface area contributed by atoms with Crippen LogP contribution in [0.25, 0.3) is 0 Å². The van der Waals surface area contributed by atoms with Crippen molar-refractivity contribution in [2.45, 2.75) is 31.3 Å². The monoisotopic (exact) mass is 334 g/mol. The summed E-state index contributed by atoms with van der Waals surface area (Å²) in [5.41, 5.74) is -1.48. The van der Waals surface area contributed by atoms with Crippen LogP contribution in [0.4, 0.5) is 0 Å². The lowest BCUT2D eigenvalue weighted by Gasteiger charge is -2.22. The first-order chi connectivity index (χ1) is 10.4. The van der Waals surface area contributed by atoms with Crippen LogP contribution in [0.3, 0.4) is 0 Å². The first-order valence-corrected chi connectivity index (χ1v) is 8.27. The molecule has 0 radical (unpaired) electrons. The van der Waals surface area contributed by atoms with E-state index in [9.17, 15) is 19.3 Å². The van der Waals surface area contributed by atoms with Crippen LogP contribution in [0.15, 0.2) is 15.8 Å². The zero-order chi connectivity index (χ0) is 16.5. The van der Waals surface area contributed by atoms with Crippen molar-refractivity contribution < 1.29 is 23.5 Å². The topological polar surface area (TPSA) is 120 Å². The number of hydrogen-bond acceptors (Lipinski definition) is 7. The van der Waals surface area contributed by atoms with Gasteiger partial charge in [-0.15, -0.1) is 0 Å². The number of aliphatic hydroxyl groups is 1. The molecule has 1 fully saturated rings. The number of aromatic amines is 1. The van der Waals surface area contributed by atoms with Crippen molar-refractivity contribution in [2.75, 3.05) is 20.8 Å². The minimum absolute atomic E-state index is 0.148. The fourth-order valence-electron chi connectivity index (χ4n) is 2.53. The van der Waals surface area contributed by atoms with E-state index in [0.29, 0.717) is 5.56 Å². The molecule has 1 aliphatic rings. The summed E-state index contributed by atoms with van der Waals surface area (Å²) in [6.45, 7) is 1.16. The Hall–Kier alpha value is -1.25. The van der Waals surface area contributed by atoms with Crippen LogP contribution >= 0.6 is 7.60 Å². The third kappa shape index (κ3) is 2.95. The SMILES string of the molecule is COP(=O)(OC)[C@H]1C[C@@H](n2cc(C)c(=O)[nH]c2=O)O[C@@H]1CO. The molecule has 1 aromatic rings. The maximum absolute atomic E-state index is 12.5. The van der Waals surface area contributed by atoms with Crippen LogP contribution in [0.1, 0.15) is 18.2 Å². The molecule has 124 valence electrons. The number of aliphatic hydroxyl groups excluding tert-OH is 1. The Bertz CT molecular complexity index is 689. The Morgan fingerprint density at radius 3 is 2.64 bits per heavy atom. The fraction of sp³-hybridized carbons (Fsp3) is 0.667. The van der Waals surface area contributed by atoms with E-state index in [4.69, 9.17) is 13.8 Å². The van der Waals surface area contributed by atoms with Crippen molar-refractivity contribution in [3.63, 3.8) is 0 Å². The zero-order valence-electron chi connectivity index (χ0n) is 12.5. The lowest BCUT2D eigenvalue weighted by Crippen LogP contribution is -2.33. The molecule has 2 rings (SSSR count). The van der Waals surface area contributed by atoms with Crippen molar-refractivity contribution in [3.8, 4) is 0 Å². The highest BCUT2D eigenvalue weighted by Crippen LogP contribution is 2.58. The molecule has 1 aliphatic heterocycles. The molecule has 3 atom stereocenters. The predicted octanol–water partition coefficient (Wildman–Crippen LogP) is -0.0207. The van der Waals surface area contributed by atoms with E-state index in [2.05, 4.69) is 4.98 Å². The van der Waals surface area contributed by atoms with E-state index in [-0.39, 0.29) is 6.42 Å². The van der Waals surface area contributed by atoms with Gasteiger partial charge in [0.05, 0.1) is 18.4 Å². The standard InChI is InChI=1S/C12H19N2O7P/c1-7-5-14(12(17)13-11(7)16)10-4-9(8(6-15)21-10)22(18,19-2)20-3/h5,8-10,15H,4,6H2,1-3H3,(H,13,16,17)/t8-,9+,10+/m1/s1. The van der Waals surface area contributed by atoms with E-state index in [1.165, 1.54) is 25.0 Å². The number of ether oxygens (including phenoxy) is 1. The number of nitrogens with zero attached hydrogens (tertiary/aromatic N) is 1. The van der Waals surface area contributed by atoms with Gasteiger partial charge in [0.25, 0.3) is 5.56 Å². The van der Waals surface area contributed by atoms with Crippen LogP contribution in [-0.4, -0.2) is 47.2 Å². The summed E-state index contributed by atoms with van der Waals surface area (Å²) in [6, 6.07) is 0. The molecule has 0 spiro atoms. The highest BCUT2D eigenvalue weighted by molar-refractivity contribution is 7.54. The van der Waals surface area contributed by atoms with Gasteiger partial charge in [-0.05, 0) is 6.92 Å². The van der Waals surface area contributed by atoms with Crippen molar-refractivity contribution in [3.05, 3.63) is 32.6 Å². The minimum atomic E-state index is -3.47. The summed E-state index contributed by atoms with van der Waals surface area (Å²) in [5, 5.41) is 9.42. The van der Waals surface area contributed by atoms with Crippen molar-refractivity contribution >= 4 is 7.60 Å². The molecule has 22 heavy (non-hydrogen) atoms. The molecule has 1 aromatic heterocycles. The maximum atomic E-state index is 12.5. The molecular weight excluding hydrogens is 315 g/mol. The summed E-state index contributed by atoms with van der Waals surface area (Å²) in [5.74, 6) is 0. The van der Waals surface area contributed by atoms with Gasteiger partial charge in [0.1, 0.15) is 6.23 Å². The first kappa shape index (κ1) is 17.1. The third-order valence-electron chi connectivity index (χ3n) is 3.76. The Kier molecular flexibility index (Phi) is 5.03. The molecule has 1 saturated heterocycles. The molecule has 9 nitrogen and oxygen atoms in total. The molecule has 2 N–H and O–H groups in total. The molecule has 0 aliphatic carbocycles. The van der Waals surface area contributed by atoms with Crippen molar-refractivity contribution in [1.82, 2.24) is 9.55 Å². The van der Waals surface area contributed by atoms with E-state index in [0.717, 1.165) is 0 Å². The third-order valence-corrected chi connectivity index (χ3v) is 6.13. The smallest absolute Gasteiger partial charge is 0.336 e. The number of hydrogen-bond donors (Lipinski definition) is 2. The normalized spacial score (nSPS) is 25.5. The number of nitrogens with one attached hydrogen (secondary N) is 1. The number of aromatic nitrogens is 2. The van der Waals surface area contributed by atoms with Gasteiger partial charge >= 0.3 is 13.3 Å². The van der Waals surface area contributed by atoms with Gasteiger partial charge in [-0.1, -0.05) is 0 Å². The second-order valence-electron chi connectivity index (χ2n) is 5.00. The van der Waals surface area contributed by atoms with Gasteiger partial charge in [0.15, 0.2) is 0 Å². The number of H-pyrrole nitrogens is 1. The molecule has 10 heteroatoms. The van der Waals surface area contributed by atoms with Gasteiger partial charge in [-0.3, -0.25) is 18.9 Å². The van der Waals surface area contributed by atoms with E-state index >= 15 is 0 Å². The lowest BCUT2D eigenvalue weighted by atomic mass is 10.2. The zero-order valence-corrected chi connectivity index (χ0v) is 13.4. The highest BCUT2D eigenvalue weighted by Gasteiger charge is 2.48. The van der Waals surface area contributed by atoms with Crippen LogP contribution < -0.4 is 11.2 Å². The Morgan fingerprint density at radius 2 is 2.09 bits per heavy atom. The van der Waals surface area contributed by atoms with E-state index in [1.54, 1.807) is 6.92 Å². The average Bonchev–Trinajstić information content (AvgIpc) is 2.94. The Morgan fingerprint density at radius 1 is 1.45 bits per heavy atom. The molecule has 0 amide bonds. The van der Waals surface area contributed by atoms with Gasteiger partial charge in [0, 0.05) is 32.4 Å². The Balaban J connectivity index is 2.37. The summed E-state index contributed by atoms with van der Waals surface area (Å²) in [4.78, 5) is 25.5.